The van der Waals surface area contributed by atoms with Gasteiger partial charge in [-0.05, 0) is 35.0 Å². The highest BCUT2D eigenvalue weighted by Crippen LogP contribution is 2.19. The van der Waals surface area contributed by atoms with Crippen molar-refractivity contribution in [1.82, 2.24) is 0 Å². The predicted octanol–water partition coefficient (Wildman–Crippen LogP) is 4.28. The van der Waals surface area contributed by atoms with E-state index in [1.165, 1.54) is 10.8 Å². The fourth-order valence-electron chi connectivity index (χ4n) is 1.93. The summed E-state index contributed by atoms with van der Waals surface area (Å²) < 4.78 is 0. The third kappa shape index (κ3) is 2.28. The number of hydrazine groups is 1. The van der Waals surface area contributed by atoms with Crippen molar-refractivity contribution in [1.29, 1.82) is 0 Å². The summed E-state index contributed by atoms with van der Waals surface area (Å²) in [6, 6.07) is 24.7. The van der Waals surface area contributed by atoms with Crippen molar-refractivity contribution < 1.29 is 0 Å². The maximum atomic E-state index is 3.20. The van der Waals surface area contributed by atoms with Gasteiger partial charge in [-0.3, -0.25) is 0 Å². The maximum Gasteiger partial charge on any atom is 0.0546 e. The van der Waals surface area contributed by atoms with Gasteiger partial charge in [0.15, 0.2) is 0 Å². The van der Waals surface area contributed by atoms with Crippen LogP contribution >= 0.6 is 0 Å². The van der Waals surface area contributed by atoms with Crippen molar-refractivity contribution in [2.75, 3.05) is 10.9 Å². The molecule has 0 heterocycles. The quantitative estimate of drug-likeness (QED) is 0.661. The van der Waals surface area contributed by atoms with E-state index in [0.29, 0.717) is 0 Å². The summed E-state index contributed by atoms with van der Waals surface area (Å²) in [5.41, 5.74) is 8.48. The predicted molar refractivity (Wildman–Crippen MR) is 77.6 cm³/mol. The summed E-state index contributed by atoms with van der Waals surface area (Å²) in [6.07, 6.45) is 0. The van der Waals surface area contributed by atoms with Gasteiger partial charge in [0.1, 0.15) is 0 Å². The van der Waals surface area contributed by atoms with Gasteiger partial charge in [0.05, 0.1) is 11.4 Å². The zero-order chi connectivity index (χ0) is 12.2. The first-order valence-electron chi connectivity index (χ1n) is 5.98. The van der Waals surface area contributed by atoms with Crippen molar-refractivity contribution in [3.05, 3.63) is 72.8 Å². The molecular formula is C16H14N2. The van der Waals surface area contributed by atoms with Crippen LogP contribution < -0.4 is 10.9 Å². The van der Waals surface area contributed by atoms with E-state index >= 15 is 0 Å². The first-order chi connectivity index (χ1) is 8.92. The van der Waals surface area contributed by atoms with Gasteiger partial charge < -0.3 is 10.9 Å². The summed E-state index contributed by atoms with van der Waals surface area (Å²) in [4.78, 5) is 0. The maximum absolute atomic E-state index is 3.20. The third-order valence-electron chi connectivity index (χ3n) is 2.87. The topological polar surface area (TPSA) is 24.1 Å². The number of anilines is 2. The zero-order valence-electron chi connectivity index (χ0n) is 9.93. The van der Waals surface area contributed by atoms with Gasteiger partial charge in [0, 0.05) is 0 Å². The first kappa shape index (κ1) is 10.7. The zero-order valence-corrected chi connectivity index (χ0v) is 9.93. The molecule has 0 aliphatic rings. The molecule has 0 atom stereocenters. The van der Waals surface area contributed by atoms with E-state index in [9.17, 15) is 0 Å². The molecule has 0 saturated carbocycles. The summed E-state index contributed by atoms with van der Waals surface area (Å²) in [5.74, 6) is 0. The Hall–Kier alpha value is -2.48. The Morgan fingerprint density at radius 1 is 0.500 bits per heavy atom. The van der Waals surface area contributed by atoms with E-state index in [2.05, 4.69) is 53.3 Å². The Morgan fingerprint density at radius 3 is 2.00 bits per heavy atom. The number of fused-ring (bicyclic) bond motifs is 1. The average Bonchev–Trinajstić information content (AvgIpc) is 2.46. The van der Waals surface area contributed by atoms with Crippen molar-refractivity contribution in [2.24, 2.45) is 0 Å². The Bertz CT molecular complexity index is 647. The molecule has 88 valence electrons. The largest absolute Gasteiger partial charge is 0.301 e. The fraction of sp³-hybridized carbons (Fsp3) is 0. The van der Waals surface area contributed by atoms with Gasteiger partial charge in [0.25, 0.3) is 0 Å². The second-order valence-electron chi connectivity index (χ2n) is 4.18. The van der Waals surface area contributed by atoms with Crippen LogP contribution in [0.15, 0.2) is 72.8 Å². The molecular weight excluding hydrogens is 220 g/mol. The number of benzene rings is 3. The highest BCUT2D eigenvalue weighted by molar-refractivity contribution is 5.85. The van der Waals surface area contributed by atoms with Crippen LogP contribution in [-0.4, -0.2) is 0 Å². The van der Waals surface area contributed by atoms with Gasteiger partial charge in [0.2, 0.25) is 0 Å². The van der Waals surface area contributed by atoms with E-state index in [-0.39, 0.29) is 0 Å². The molecule has 0 saturated heterocycles. The van der Waals surface area contributed by atoms with Crippen LogP contribution in [-0.2, 0) is 0 Å². The SMILES string of the molecule is c1ccc(NNc2ccc3ccccc3c2)cc1. The molecule has 2 heteroatoms. The average molecular weight is 234 g/mol. The normalized spacial score (nSPS) is 10.2. The molecule has 0 unspecified atom stereocenters. The monoisotopic (exact) mass is 234 g/mol. The van der Waals surface area contributed by atoms with E-state index < -0.39 is 0 Å². The van der Waals surface area contributed by atoms with Gasteiger partial charge in [-0.25, -0.2) is 0 Å². The molecule has 0 fully saturated rings. The Kier molecular flexibility index (Phi) is 2.84. The van der Waals surface area contributed by atoms with Gasteiger partial charge in [-0.2, -0.15) is 0 Å². The highest BCUT2D eigenvalue weighted by Gasteiger charge is 1.95. The number of para-hydroxylation sites is 1. The van der Waals surface area contributed by atoms with Crippen LogP contribution in [0.2, 0.25) is 0 Å². The molecule has 2 nitrogen and oxygen atoms in total. The van der Waals surface area contributed by atoms with Crippen LogP contribution in [0.5, 0.6) is 0 Å². The van der Waals surface area contributed by atoms with Crippen LogP contribution in [0.4, 0.5) is 11.4 Å². The number of hydrogen-bond donors (Lipinski definition) is 2. The summed E-state index contributed by atoms with van der Waals surface area (Å²) in [5, 5.41) is 2.49. The van der Waals surface area contributed by atoms with E-state index in [0.717, 1.165) is 11.4 Å². The Labute approximate surface area is 106 Å². The molecule has 0 aliphatic carbocycles. The lowest BCUT2D eigenvalue weighted by Gasteiger charge is -2.10. The van der Waals surface area contributed by atoms with Crippen LogP contribution in [0.1, 0.15) is 0 Å². The third-order valence-corrected chi connectivity index (χ3v) is 2.87. The summed E-state index contributed by atoms with van der Waals surface area (Å²) in [7, 11) is 0. The minimum absolute atomic E-state index is 1.05. The second kappa shape index (κ2) is 4.80. The van der Waals surface area contributed by atoms with Crippen LogP contribution in [0.25, 0.3) is 10.8 Å². The van der Waals surface area contributed by atoms with E-state index in [1.807, 2.05) is 30.3 Å². The standard InChI is InChI=1S/C16H14N2/c1-2-8-15(9-3-1)17-18-16-11-10-13-6-4-5-7-14(13)12-16/h1-12,17-18H. The molecule has 0 aromatic heterocycles. The summed E-state index contributed by atoms with van der Waals surface area (Å²) >= 11 is 0. The molecule has 3 aromatic carbocycles. The molecule has 18 heavy (non-hydrogen) atoms. The minimum atomic E-state index is 1.05. The van der Waals surface area contributed by atoms with Crippen LogP contribution in [0.3, 0.4) is 0 Å². The van der Waals surface area contributed by atoms with Crippen molar-refractivity contribution >= 4 is 22.1 Å². The Balaban J connectivity index is 1.79. The molecule has 3 aromatic rings. The molecule has 0 bridgehead atoms. The minimum Gasteiger partial charge on any atom is -0.301 e. The van der Waals surface area contributed by atoms with Crippen LogP contribution in [0, 0.1) is 0 Å². The van der Waals surface area contributed by atoms with Gasteiger partial charge >= 0.3 is 0 Å². The van der Waals surface area contributed by atoms with Crippen molar-refractivity contribution in [2.45, 2.75) is 0 Å². The second-order valence-corrected chi connectivity index (χ2v) is 4.18. The number of rotatable bonds is 3. The van der Waals surface area contributed by atoms with E-state index in [4.69, 9.17) is 0 Å². The first-order valence-corrected chi connectivity index (χ1v) is 5.98. The highest BCUT2D eigenvalue weighted by atomic mass is 15.4. The number of hydrogen-bond acceptors (Lipinski definition) is 2. The lowest BCUT2D eigenvalue weighted by atomic mass is 10.1. The lowest BCUT2D eigenvalue weighted by molar-refractivity contribution is 1.42. The van der Waals surface area contributed by atoms with Gasteiger partial charge in [-0.1, -0.05) is 48.5 Å². The summed E-state index contributed by atoms with van der Waals surface area (Å²) in [6.45, 7) is 0. The van der Waals surface area contributed by atoms with Gasteiger partial charge in [-0.15, -0.1) is 0 Å². The lowest BCUT2D eigenvalue weighted by Crippen LogP contribution is -2.07. The molecule has 0 aliphatic heterocycles. The fourth-order valence-corrected chi connectivity index (χ4v) is 1.93. The van der Waals surface area contributed by atoms with E-state index in [1.54, 1.807) is 0 Å². The van der Waals surface area contributed by atoms with Crippen molar-refractivity contribution in [3.63, 3.8) is 0 Å². The molecule has 0 radical (unpaired) electrons. The molecule has 2 N–H and O–H groups in total. The molecule has 0 amide bonds. The smallest absolute Gasteiger partial charge is 0.0546 e. The molecule has 3 rings (SSSR count). The number of nitrogens with one attached hydrogen (secondary N) is 2. The van der Waals surface area contributed by atoms with Crippen molar-refractivity contribution in [3.8, 4) is 0 Å². The molecule has 0 spiro atoms. The Morgan fingerprint density at radius 2 is 1.17 bits per heavy atom.